The molecule has 8 nitrogen and oxygen atoms in total. The number of ether oxygens (including phenoxy) is 3. The smallest absolute Gasteiger partial charge is 0.234 e. The number of aromatic nitrogens is 3. The summed E-state index contributed by atoms with van der Waals surface area (Å²) < 4.78 is 30.7. The molecule has 0 atom stereocenters. The van der Waals surface area contributed by atoms with Crippen molar-refractivity contribution in [1.82, 2.24) is 14.8 Å². The number of rotatable bonds is 9. The van der Waals surface area contributed by atoms with Gasteiger partial charge in [-0.05, 0) is 36.4 Å². The molecule has 158 valence electrons. The number of nitrogens with zero attached hydrogens (tertiary/aromatic N) is 3. The summed E-state index contributed by atoms with van der Waals surface area (Å²) in [4.78, 5) is 12.3. The fourth-order valence-corrected chi connectivity index (χ4v) is 3.22. The molecule has 1 aromatic heterocycles. The van der Waals surface area contributed by atoms with E-state index in [0.717, 1.165) is 0 Å². The molecule has 0 spiro atoms. The fraction of sp³-hybridized carbons (Fsp3) is 0.250. The minimum absolute atomic E-state index is 0.139. The first kappa shape index (κ1) is 21.4. The van der Waals surface area contributed by atoms with E-state index in [-0.39, 0.29) is 24.1 Å². The Kier molecular flexibility index (Phi) is 7.12. The number of carbonyl (C=O) groups is 1. The van der Waals surface area contributed by atoms with Gasteiger partial charge in [0.2, 0.25) is 5.91 Å². The molecule has 0 radical (unpaired) electrons. The molecule has 0 unspecified atom stereocenters. The molecular weight excluding hydrogens is 411 g/mol. The van der Waals surface area contributed by atoms with E-state index in [9.17, 15) is 9.18 Å². The van der Waals surface area contributed by atoms with Crippen LogP contribution in [0.15, 0.2) is 47.6 Å². The van der Waals surface area contributed by atoms with Crippen molar-refractivity contribution in [3.63, 3.8) is 0 Å². The third-order valence-electron chi connectivity index (χ3n) is 4.12. The van der Waals surface area contributed by atoms with E-state index in [1.807, 2.05) is 0 Å². The molecule has 0 fully saturated rings. The zero-order chi connectivity index (χ0) is 21.5. The molecule has 0 saturated heterocycles. The second-order valence-corrected chi connectivity index (χ2v) is 7.05. The highest BCUT2D eigenvalue weighted by Crippen LogP contribution is 2.29. The molecular formula is C20H21FN4O4S. The molecule has 10 heteroatoms. The van der Waals surface area contributed by atoms with Crippen LogP contribution >= 0.6 is 11.8 Å². The van der Waals surface area contributed by atoms with Crippen LogP contribution in [-0.2, 0) is 18.4 Å². The lowest BCUT2D eigenvalue weighted by Crippen LogP contribution is -2.15. The zero-order valence-electron chi connectivity index (χ0n) is 16.7. The molecule has 1 amide bonds. The minimum Gasteiger partial charge on any atom is -0.497 e. The van der Waals surface area contributed by atoms with Gasteiger partial charge >= 0.3 is 0 Å². The molecule has 1 N–H and O–H groups in total. The first-order valence-corrected chi connectivity index (χ1v) is 9.90. The maximum absolute atomic E-state index is 13.0. The fourth-order valence-electron chi connectivity index (χ4n) is 2.49. The highest BCUT2D eigenvalue weighted by atomic mass is 32.2. The molecule has 3 rings (SSSR count). The Morgan fingerprint density at radius 1 is 1.10 bits per heavy atom. The lowest BCUT2D eigenvalue weighted by Gasteiger charge is -2.11. The van der Waals surface area contributed by atoms with Crippen molar-refractivity contribution in [1.29, 1.82) is 0 Å². The number of nitrogens with one attached hydrogen (secondary N) is 1. The summed E-state index contributed by atoms with van der Waals surface area (Å²) in [5.41, 5.74) is 0.551. The van der Waals surface area contributed by atoms with Crippen LogP contribution in [0.4, 0.5) is 10.1 Å². The monoisotopic (exact) mass is 432 g/mol. The van der Waals surface area contributed by atoms with E-state index in [2.05, 4.69) is 15.5 Å². The van der Waals surface area contributed by atoms with Gasteiger partial charge in [0.25, 0.3) is 0 Å². The standard InChI is InChI=1S/C20H21FN4O4S/c1-25-18(11-29-14-6-4-13(21)5-7-14)23-24-20(25)30-12-19(26)22-16-9-8-15(27-2)10-17(16)28-3/h4-10H,11-12H2,1-3H3,(H,22,26). The van der Waals surface area contributed by atoms with Gasteiger partial charge in [0, 0.05) is 13.1 Å². The highest BCUT2D eigenvalue weighted by Gasteiger charge is 2.14. The van der Waals surface area contributed by atoms with Gasteiger partial charge in [-0.15, -0.1) is 10.2 Å². The topological polar surface area (TPSA) is 87.5 Å². The molecule has 1 heterocycles. The predicted octanol–water partition coefficient (Wildman–Crippen LogP) is 3.28. The van der Waals surface area contributed by atoms with E-state index in [1.165, 1.54) is 31.0 Å². The highest BCUT2D eigenvalue weighted by molar-refractivity contribution is 7.99. The number of amides is 1. The summed E-state index contributed by atoms with van der Waals surface area (Å²) in [7, 11) is 4.87. The first-order chi connectivity index (χ1) is 14.5. The van der Waals surface area contributed by atoms with Gasteiger partial charge in [0.05, 0.1) is 25.7 Å². The van der Waals surface area contributed by atoms with E-state index in [0.29, 0.717) is 33.9 Å². The SMILES string of the molecule is COc1ccc(NC(=O)CSc2nnc(COc3ccc(F)cc3)n2C)c(OC)c1. The van der Waals surface area contributed by atoms with Gasteiger partial charge in [0.15, 0.2) is 11.0 Å². The van der Waals surface area contributed by atoms with Gasteiger partial charge in [-0.2, -0.15) is 0 Å². The predicted molar refractivity (Wildman–Crippen MR) is 111 cm³/mol. The third-order valence-corrected chi connectivity index (χ3v) is 5.14. The largest absolute Gasteiger partial charge is 0.497 e. The van der Waals surface area contributed by atoms with Crippen LogP contribution in [0.25, 0.3) is 0 Å². The van der Waals surface area contributed by atoms with Crippen LogP contribution in [0, 0.1) is 5.82 Å². The molecule has 0 aliphatic rings. The van der Waals surface area contributed by atoms with Gasteiger partial charge in [-0.1, -0.05) is 11.8 Å². The van der Waals surface area contributed by atoms with E-state index in [1.54, 1.807) is 49.1 Å². The van der Waals surface area contributed by atoms with Crippen LogP contribution in [0.2, 0.25) is 0 Å². The number of thioether (sulfide) groups is 1. The Bertz CT molecular complexity index is 1010. The van der Waals surface area contributed by atoms with Crippen molar-refractivity contribution in [3.8, 4) is 17.2 Å². The van der Waals surface area contributed by atoms with Crippen molar-refractivity contribution in [2.75, 3.05) is 25.3 Å². The van der Waals surface area contributed by atoms with E-state index < -0.39 is 0 Å². The Balaban J connectivity index is 1.54. The van der Waals surface area contributed by atoms with Gasteiger partial charge in [0.1, 0.15) is 29.7 Å². The third kappa shape index (κ3) is 5.41. The molecule has 0 aliphatic heterocycles. The van der Waals surface area contributed by atoms with Crippen molar-refractivity contribution in [3.05, 3.63) is 54.1 Å². The number of methoxy groups -OCH3 is 2. The van der Waals surface area contributed by atoms with Gasteiger partial charge < -0.3 is 24.1 Å². The number of anilines is 1. The minimum atomic E-state index is -0.328. The molecule has 0 bridgehead atoms. The number of halogens is 1. The van der Waals surface area contributed by atoms with Crippen LogP contribution in [0.3, 0.4) is 0 Å². The van der Waals surface area contributed by atoms with Crippen LogP contribution in [-0.4, -0.2) is 40.6 Å². The average molecular weight is 432 g/mol. The summed E-state index contributed by atoms with van der Waals surface area (Å²) in [6, 6.07) is 10.9. The van der Waals surface area contributed by atoms with Crippen molar-refractivity contribution >= 4 is 23.4 Å². The lowest BCUT2D eigenvalue weighted by atomic mass is 10.2. The molecule has 2 aromatic carbocycles. The summed E-state index contributed by atoms with van der Waals surface area (Å²) in [6.07, 6.45) is 0. The summed E-state index contributed by atoms with van der Waals surface area (Å²) in [5, 5.41) is 11.6. The number of hydrogen-bond donors (Lipinski definition) is 1. The van der Waals surface area contributed by atoms with Crippen LogP contribution < -0.4 is 19.5 Å². The number of hydrogen-bond acceptors (Lipinski definition) is 7. The lowest BCUT2D eigenvalue weighted by molar-refractivity contribution is -0.113. The van der Waals surface area contributed by atoms with Crippen molar-refractivity contribution in [2.45, 2.75) is 11.8 Å². The van der Waals surface area contributed by atoms with Crippen LogP contribution in [0.1, 0.15) is 5.82 Å². The molecule has 3 aromatic rings. The second-order valence-electron chi connectivity index (χ2n) is 6.10. The Morgan fingerprint density at radius 3 is 2.53 bits per heavy atom. The second kappa shape index (κ2) is 9.97. The Hall–Kier alpha value is -3.27. The maximum atomic E-state index is 13.0. The number of benzene rings is 2. The molecule has 30 heavy (non-hydrogen) atoms. The van der Waals surface area contributed by atoms with Crippen LogP contribution in [0.5, 0.6) is 17.2 Å². The molecule has 0 aliphatic carbocycles. The van der Waals surface area contributed by atoms with E-state index >= 15 is 0 Å². The maximum Gasteiger partial charge on any atom is 0.234 e. The zero-order valence-corrected chi connectivity index (χ0v) is 17.5. The summed E-state index contributed by atoms with van der Waals surface area (Å²) in [5.74, 6) is 1.85. The van der Waals surface area contributed by atoms with Gasteiger partial charge in [-0.3, -0.25) is 4.79 Å². The number of carbonyl (C=O) groups excluding carboxylic acids is 1. The van der Waals surface area contributed by atoms with E-state index in [4.69, 9.17) is 14.2 Å². The Morgan fingerprint density at radius 2 is 1.83 bits per heavy atom. The first-order valence-electron chi connectivity index (χ1n) is 8.91. The van der Waals surface area contributed by atoms with Crippen molar-refractivity contribution in [2.24, 2.45) is 7.05 Å². The normalized spacial score (nSPS) is 10.5. The average Bonchev–Trinajstić information content (AvgIpc) is 3.11. The summed E-state index contributed by atoms with van der Waals surface area (Å²) in [6.45, 7) is 0.172. The summed E-state index contributed by atoms with van der Waals surface area (Å²) >= 11 is 1.25. The van der Waals surface area contributed by atoms with Gasteiger partial charge in [-0.25, -0.2) is 4.39 Å². The van der Waals surface area contributed by atoms with Crippen molar-refractivity contribution < 1.29 is 23.4 Å². The quantitative estimate of drug-likeness (QED) is 0.519. The Labute approximate surface area is 177 Å². The molecule has 0 saturated carbocycles.